The van der Waals surface area contributed by atoms with Crippen molar-refractivity contribution in [1.29, 1.82) is 0 Å². The van der Waals surface area contributed by atoms with Gasteiger partial charge in [0.1, 0.15) is 5.69 Å². The summed E-state index contributed by atoms with van der Waals surface area (Å²) in [7, 11) is 0. The molecule has 1 amide bonds. The lowest BCUT2D eigenvalue weighted by Crippen LogP contribution is -2.12. The average Bonchev–Trinajstić information content (AvgIpc) is 3.47. The molecule has 8 heteroatoms. The zero-order valence-corrected chi connectivity index (χ0v) is 17.6. The fraction of sp³-hybridized carbons (Fsp3) is 0.0400. The molecule has 3 aromatic carbocycles. The van der Waals surface area contributed by atoms with Gasteiger partial charge in [-0.05, 0) is 36.8 Å². The number of amides is 1. The topological polar surface area (TPSA) is 106 Å². The van der Waals surface area contributed by atoms with Crippen molar-refractivity contribution in [2.75, 3.05) is 5.32 Å². The van der Waals surface area contributed by atoms with Crippen molar-refractivity contribution >= 4 is 11.6 Å². The van der Waals surface area contributed by atoms with Crippen LogP contribution in [0.4, 0.5) is 5.69 Å². The lowest BCUT2D eigenvalue weighted by Gasteiger charge is -2.08. The number of rotatable bonds is 5. The Balaban J connectivity index is 1.53. The molecule has 162 valence electrons. The molecule has 0 saturated heterocycles. The van der Waals surface area contributed by atoms with Crippen LogP contribution in [0, 0.1) is 6.92 Å². The monoisotopic (exact) mass is 437 g/mol. The predicted molar refractivity (Wildman–Crippen MR) is 124 cm³/mol. The lowest BCUT2D eigenvalue weighted by molar-refractivity contribution is 0.102. The molecule has 0 fully saturated rings. The van der Waals surface area contributed by atoms with Crippen LogP contribution in [0.2, 0.25) is 0 Å². The molecule has 2 N–H and O–H groups in total. The van der Waals surface area contributed by atoms with Gasteiger partial charge in [0.15, 0.2) is 5.82 Å². The molecule has 33 heavy (non-hydrogen) atoms. The van der Waals surface area contributed by atoms with Crippen molar-refractivity contribution < 1.29 is 9.32 Å². The summed E-state index contributed by atoms with van der Waals surface area (Å²) in [6.07, 6.45) is 1.73. The van der Waals surface area contributed by atoms with Crippen molar-refractivity contribution in [1.82, 2.24) is 19.9 Å². The van der Waals surface area contributed by atoms with Gasteiger partial charge in [-0.3, -0.25) is 14.3 Å². The summed E-state index contributed by atoms with van der Waals surface area (Å²) >= 11 is 0. The number of aryl methyl sites for hydroxylation is 1. The van der Waals surface area contributed by atoms with E-state index in [1.165, 1.54) is 0 Å². The third-order valence-corrected chi connectivity index (χ3v) is 5.21. The molecule has 0 atom stereocenters. The number of H-pyrrole nitrogens is 1. The lowest BCUT2D eigenvalue weighted by atomic mass is 10.0. The number of para-hydroxylation sites is 1. The Kier molecular flexibility index (Phi) is 5.16. The highest BCUT2D eigenvalue weighted by atomic mass is 16.5. The molecule has 0 aliphatic carbocycles. The number of anilines is 1. The smallest absolute Gasteiger partial charge is 0.322 e. The fourth-order valence-electron chi connectivity index (χ4n) is 3.59. The molecule has 5 rings (SSSR count). The molecule has 2 aromatic heterocycles. The van der Waals surface area contributed by atoms with Gasteiger partial charge in [0.25, 0.3) is 5.91 Å². The molecule has 0 bridgehead atoms. The molecule has 0 saturated carbocycles. The first-order valence-corrected chi connectivity index (χ1v) is 10.3. The van der Waals surface area contributed by atoms with Crippen LogP contribution < -0.4 is 11.1 Å². The molecule has 0 radical (unpaired) electrons. The summed E-state index contributed by atoms with van der Waals surface area (Å²) in [5, 5.41) is 11.4. The van der Waals surface area contributed by atoms with E-state index in [1.54, 1.807) is 35.1 Å². The van der Waals surface area contributed by atoms with Crippen LogP contribution >= 0.6 is 0 Å². The zero-order valence-electron chi connectivity index (χ0n) is 17.6. The first kappa shape index (κ1) is 20.2. The maximum atomic E-state index is 13.4. The van der Waals surface area contributed by atoms with E-state index in [4.69, 9.17) is 5.10 Å². The van der Waals surface area contributed by atoms with Gasteiger partial charge < -0.3 is 5.32 Å². The van der Waals surface area contributed by atoms with Crippen molar-refractivity contribution in [2.45, 2.75) is 6.92 Å². The highest BCUT2D eigenvalue weighted by Crippen LogP contribution is 2.28. The van der Waals surface area contributed by atoms with Crippen molar-refractivity contribution in [3.8, 4) is 28.3 Å². The number of carbonyl (C=O) groups excluding carboxylic acids is 1. The maximum Gasteiger partial charge on any atom is 0.439 e. The van der Waals surface area contributed by atoms with Crippen LogP contribution in [0.3, 0.4) is 0 Å². The third kappa shape index (κ3) is 4.09. The van der Waals surface area contributed by atoms with Crippen LogP contribution in [0.5, 0.6) is 0 Å². The number of benzene rings is 3. The summed E-state index contributed by atoms with van der Waals surface area (Å²) in [6.45, 7) is 1.99. The molecule has 0 spiro atoms. The second-order valence-corrected chi connectivity index (χ2v) is 7.46. The van der Waals surface area contributed by atoms with Gasteiger partial charge >= 0.3 is 5.76 Å². The van der Waals surface area contributed by atoms with Crippen LogP contribution in [0.15, 0.2) is 94.4 Å². The minimum absolute atomic E-state index is 0.286. The molecule has 0 unspecified atom stereocenters. The van der Waals surface area contributed by atoms with Gasteiger partial charge in [0.05, 0.1) is 11.3 Å². The van der Waals surface area contributed by atoms with Gasteiger partial charge in [-0.25, -0.2) is 9.48 Å². The number of hydrogen-bond donors (Lipinski definition) is 2. The minimum atomic E-state index is -0.643. The molecule has 8 nitrogen and oxygen atoms in total. The SMILES string of the molecule is Cc1ccccc1-c1nn(-c2ccccc2)cc1C(=O)Nc1cccc(-c2noc(=O)[nH]2)c1. The summed E-state index contributed by atoms with van der Waals surface area (Å²) in [5.41, 5.74) is 4.93. The predicted octanol–water partition coefficient (Wildman–Crippen LogP) is 4.44. The Morgan fingerprint density at radius 2 is 1.79 bits per heavy atom. The first-order valence-electron chi connectivity index (χ1n) is 10.3. The van der Waals surface area contributed by atoms with E-state index in [0.717, 1.165) is 16.8 Å². The molecular formula is C25H19N5O3. The average molecular weight is 437 g/mol. The normalized spacial score (nSPS) is 10.8. The standard InChI is InChI=1S/C25H19N5O3/c1-16-8-5-6-13-20(16)22-21(15-30(28-22)19-11-3-2-4-12-19)24(31)26-18-10-7-9-17(14-18)23-27-25(32)33-29-23/h2-15H,1H3,(H,26,31)(H,27,29,32). The van der Waals surface area contributed by atoms with Gasteiger partial charge in [0, 0.05) is 23.0 Å². The molecular weight excluding hydrogens is 418 g/mol. The molecule has 0 aliphatic heterocycles. The van der Waals surface area contributed by atoms with Gasteiger partial charge in [-0.2, -0.15) is 5.10 Å². The van der Waals surface area contributed by atoms with E-state index in [9.17, 15) is 9.59 Å². The van der Waals surface area contributed by atoms with E-state index in [2.05, 4.69) is 20.0 Å². The molecule has 5 aromatic rings. The van der Waals surface area contributed by atoms with Crippen molar-refractivity contribution in [3.05, 3.63) is 107 Å². The highest BCUT2D eigenvalue weighted by molar-refractivity contribution is 6.08. The number of nitrogens with one attached hydrogen (secondary N) is 2. The summed E-state index contributed by atoms with van der Waals surface area (Å²) in [4.78, 5) is 27.1. The van der Waals surface area contributed by atoms with Gasteiger partial charge in [-0.1, -0.05) is 59.8 Å². The zero-order chi connectivity index (χ0) is 22.8. The number of nitrogens with zero attached hydrogens (tertiary/aromatic N) is 3. The minimum Gasteiger partial charge on any atom is -0.322 e. The number of aromatic amines is 1. The second kappa shape index (κ2) is 8.43. The van der Waals surface area contributed by atoms with Crippen LogP contribution in [0.1, 0.15) is 15.9 Å². The summed E-state index contributed by atoms with van der Waals surface area (Å²) in [5.74, 6) is -0.662. The summed E-state index contributed by atoms with van der Waals surface area (Å²) < 4.78 is 6.27. The van der Waals surface area contributed by atoms with E-state index in [0.29, 0.717) is 22.5 Å². The Bertz CT molecular complexity index is 1500. The largest absolute Gasteiger partial charge is 0.439 e. The summed E-state index contributed by atoms with van der Waals surface area (Å²) in [6, 6.07) is 24.4. The Hall–Kier alpha value is -4.72. The number of aromatic nitrogens is 4. The van der Waals surface area contributed by atoms with E-state index in [-0.39, 0.29) is 11.7 Å². The van der Waals surface area contributed by atoms with E-state index >= 15 is 0 Å². The molecule has 0 aliphatic rings. The van der Waals surface area contributed by atoms with Crippen LogP contribution in [0.25, 0.3) is 28.3 Å². The first-order chi connectivity index (χ1) is 16.1. The van der Waals surface area contributed by atoms with Crippen LogP contribution in [-0.2, 0) is 0 Å². The Morgan fingerprint density at radius 1 is 1.00 bits per heavy atom. The number of carbonyl (C=O) groups is 1. The Labute approximate surface area is 188 Å². The van der Waals surface area contributed by atoms with E-state index < -0.39 is 5.76 Å². The molecule has 2 heterocycles. The van der Waals surface area contributed by atoms with Crippen molar-refractivity contribution in [2.24, 2.45) is 0 Å². The van der Waals surface area contributed by atoms with Gasteiger partial charge in [0.2, 0.25) is 0 Å². The quantitative estimate of drug-likeness (QED) is 0.423. The third-order valence-electron chi connectivity index (χ3n) is 5.21. The van der Waals surface area contributed by atoms with Crippen LogP contribution in [-0.4, -0.2) is 25.8 Å². The maximum absolute atomic E-state index is 13.4. The second-order valence-electron chi connectivity index (χ2n) is 7.46. The Morgan fingerprint density at radius 3 is 2.55 bits per heavy atom. The van der Waals surface area contributed by atoms with Gasteiger partial charge in [-0.15, -0.1) is 0 Å². The van der Waals surface area contributed by atoms with E-state index in [1.807, 2.05) is 61.5 Å². The number of hydrogen-bond acceptors (Lipinski definition) is 5. The highest BCUT2D eigenvalue weighted by Gasteiger charge is 2.20. The van der Waals surface area contributed by atoms with Crippen molar-refractivity contribution in [3.63, 3.8) is 0 Å². The fourth-order valence-corrected chi connectivity index (χ4v) is 3.59.